The molecule has 0 saturated heterocycles. The second kappa shape index (κ2) is 4.13. The first-order chi connectivity index (χ1) is 7.36. The number of nitrogens with zero attached hydrogens (tertiary/aromatic N) is 3. The molecule has 0 spiro atoms. The van der Waals surface area contributed by atoms with Crippen LogP contribution in [0.4, 0.5) is 0 Å². The van der Waals surface area contributed by atoms with Gasteiger partial charge in [-0.15, -0.1) is 0 Å². The first-order valence-corrected chi connectivity index (χ1v) is 4.80. The zero-order valence-electron chi connectivity index (χ0n) is 8.68. The summed E-state index contributed by atoms with van der Waals surface area (Å²) in [5.74, 6) is 1.68. The Morgan fingerprint density at radius 2 is 2.53 bits per heavy atom. The Kier molecular flexibility index (Phi) is 2.67. The summed E-state index contributed by atoms with van der Waals surface area (Å²) >= 11 is 0. The normalized spacial score (nSPS) is 17.9. The molecule has 1 aromatic rings. The maximum Gasteiger partial charge on any atom is 0.140 e. The molecule has 4 nitrogen and oxygen atoms in total. The van der Waals surface area contributed by atoms with Gasteiger partial charge < -0.3 is 9.64 Å². The molecule has 0 aliphatic carbocycles. The van der Waals surface area contributed by atoms with E-state index in [4.69, 9.17) is 4.74 Å². The van der Waals surface area contributed by atoms with Gasteiger partial charge in [0.25, 0.3) is 0 Å². The van der Waals surface area contributed by atoms with Gasteiger partial charge in [0.1, 0.15) is 18.2 Å². The number of fused-ring (bicyclic) bond motifs is 1. The third-order valence-corrected chi connectivity index (χ3v) is 2.32. The summed E-state index contributed by atoms with van der Waals surface area (Å²) < 4.78 is 5.60. The first-order valence-electron chi connectivity index (χ1n) is 4.80. The molecule has 0 bridgehead atoms. The van der Waals surface area contributed by atoms with Crippen molar-refractivity contribution in [3.8, 4) is 5.75 Å². The van der Waals surface area contributed by atoms with E-state index >= 15 is 0 Å². The molecule has 0 radical (unpaired) electrons. The van der Waals surface area contributed by atoms with Crippen LogP contribution >= 0.6 is 0 Å². The smallest absolute Gasteiger partial charge is 0.140 e. The highest BCUT2D eigenvalue weighted by Crippen LogP contribution is 2.21. The van der Waals surface area contributed by atoms with E-state index in [0.29, 0.717) is 6.61 Å². The number of hydrogen-bond donors (Lipinski definition) is 0. The fourth-order valence-corrected chi connectivity index (χ4v) is 1.62. The third kappa shape index (κ3) is 1.70. The monoisotopic (exact) mass is 203 g/mol. The number of hydrogen-bond acceptors (Lipinski definition) is 3. The van der Waals surface area contributed by atoms with Crippen molar-refractivity contribution in [1.82, 2.24) is 9.88 Å². The Labute approximate surface area is 88.9 Å². The van der Waals surface area contributed by atoms with Crippen LogP contribution in [0.3, 0.4) is 0 Å². The van der Waals surface area contributed by atoms with Gasteiger partial charge in [-0.1, -0.05) is 6.58 Å². The zero-order chi connectivity index (χ0) is 10.7. The Balaban J connectivity index is 2.51. The minimum atomic E-state index is 0.627. The molecule has 0 fully saturated rings. The average Bonchev–Trinajstić information content (AvgIpc) is 2.47. The van der Waals surface area contributed by atoms with Crippen molar-refractivity contribution in [2.75, 3.05) is 20.2 Å². The number of pyridine rings is 1. The second-order valence-corrected chi connectivity index (χ2v) is 3.14. The van der Waals surface area contributed by atoms with Gasteiger partial charge in [-0.25, -0.2) is 0 Å². The predicted octanol–water partition coefficient (Wildman–Crippen LogP) is 1.30. The Hall–Kier alpha value is -1.84. The molecular formula is C11H13N3O. The molecular weight excluding hydrogens is 190 g/mol. The molecule has 2 rings (SSSR count). The van der Waals surface area contributed by atoms with E-state index in [1.54, 1.807) is 25.6 Å². The van der Waals surface area contributed by atoms with Gasteiger partial charge in [0.05, 0.1) is 12.1 Å². The topological polar surface area (TPSA) is 37.7 Å². The largest absolute Gasteiger partial charge is 0.491 e. The summed E-state index contributed by atoms with van der Waals surface area (Å²) in [6, 6.07) is 1.85. The van der Waals surface area contributed by atoms with Gasteiger partial charge in [-0.3, -0.25) is 9.98 Å². The number of amidine groups is 1. The highest BCUT2D eigenvalue weighted by atomic mass is 16.5. The lowest BCUT2D eigenvalue weighted by Crippen LogP contribution is -2.27. The van der Waals surface area contributed by atoms with E-state index in [2.05, 4.69) is 16.6 Å². The van der Waals surface area contributed by atoms with Gasteiger partial charge in [-0.2, -0.15) is 0 Å². The number of rotatable bonds is 1. The van der Waals surface area contributed by atoms with Crippen molar-refractivity contribution in [2.24, 2.45) is 4.99 Å². The molecule has 15 heavy (non-hydrogen) atoms. The van der Waals surface area contributed by atoms with Crippen molar-refractivity contribution in [3.05, 3.63) is 36.8 Å². The summed E-state index contributed by atoms with van der Waals surface area (Å²) in [5.41, 5.74) is 0.914. The Morgan fingerprint density at radius 1 is 1.67 bits per heavy atom. The fraction of sp³-hybridized carbons (Fsp3) is 0.273. The van der Waals surface area contributed by atoms with Crippen molar-refractivity contribution >= 4 is 5.84 Å². The first kappa shape index (κ1) is 9.71. The maximum absolute atomic E-state index is 5.60. The summed E-state index contributed by atoms with van der Waals surface area (Å²) in [6.45, 7) is 5.15. The fourth-order valence-electron chi connectivity index (χ4n) is 1.62. The van der Waals surface area contributed by atoms with Crippen LogP contribution in [0.5, 0.6) is 5.75 Å². The molecule has 0 atom stereocenters. The van der Waals surface area contributed by atoms with Crippen LogP contribution in [0.1, 0.15) is 5.56 Å². The van der Waals surface area contributed by atoms with Gasteiger partial charge in [0.2, 0.25) is 0 Å². The highest BCUT2D eigenvalue weighted by Gasteiger charge is 2.18. The lowest BCUT2D eigenvalue weighted by molar-refractivity contribution is 0.301. The van der Waals surface area contributed by atoms with Crippen LogP contribution in [-0.4, -0.2) is 35.9 Å². The van der Waals surface area contributed by atoms with Gasteiger partial charge in [-0.05, 0) is 12.3 Å². The van der Waals surface area contributed by atoms with E-state index in [1.807, 2.05) is 11.0 Å². The molecule has 0 N–H and O–H groups in total. The van der Waals surface area contributed by atoms with E-state index in [9.17, 15) is 0 Å². The second-order valence-electron chi connectivity index (χ2n) is 3.14. The number of aliphatic imine (C=N–C) groups is 1. The van der Waals surface area contributed by atoms with Gasteiger partial charge in [0, 0.05) is 19.4 Å². The van der Waals surface area contributed by atoms with Crippen molar-refractivity contribution in [1.29, 1.82) is 0 Å². The van der Waals surface area contributed by atoms with Gasteiger partial charge >= 0.3 is 0 Å². The molecule has 4 heteroatoms. The molecule has 1 aliphatic heterocycles. The minimum Gasteiger partial charge on any atom is -0.491 e. The predicted molar refractivity (Wildman–Crippen MR) is 59.1 cm³/mol. The quantitative estimate of drug-likeness (QED) is 0.690. The van der Waals surface area contributed by atoms with E-state index in [-0.39, 0.29) is 0 Å². The standard InChI is InChI=1S/C11H13N3O/c1-3-14-6-7-15-10-4-5-13-8-9(10)11(14)12-2/h3-5,8H,1,6-7H2,2H3. The lowest BCUT2D eigenvalue weighted by Gasteiger charge is -2.17. The summed E-state index contributed by atoms with van der Waals surface area (Å²) in [4.78, 5) is 10.3. The highest BCUT2D eigenvalue weighted by molar-refractivity contribution is 6.01. The maximum atomic E-state index is 5.60. The van der Waals surface area contributed by atoms with Crippen LogP contribution in [0.15, 0.2) is 36.2 Å². The Bertz CT molecular complexity index is 401. The third-order valence-electron chi connectivity index (χ3n) is 2.32. The lowest BCUT2D eigenvalue weighted by atomic mass is 10.2. The summed E-state index contributed by atoms with van der Waals surface area (Å²) in [6.07, 6.45) is 5.24. The van der Waals surface area contributed by atoms with Crippen molar-refractivity contribution < 1.29 is 4.74 Å². The summed E-state index contributed by atoms with van der Waals surface area (Å²) in [7, 11) is 1.76. The molecule has 0 saturated carbocycles. The van der Waals surface area contributed by atoms with Crippen molar-refractivity contribution in [2.45, 2.75) is 0 Å². The average molecular weight is 203 g/mol. The SMILES string of the molecule is C=CN1CCOc2ccncc2C1=NC. The zero-order valence-corrected chi connectivity index (χ0v) is 8.68. The molecule has 0 amide bonds. The molecule has 0 unspecified atom stereocenters. The molecule has 2 heterocycles. The van der Waals surface area contributed by atoms with Crippen LogP contribution in [-0.2, 0) is 0 Å². The Morgan fingerprint density at radius 3 is 3.27 bits per heavy atom. The van der Waals surface area contributed by atoms with Crippen molar-refractivity contribution in [3.63, 3.8) is 0 Å². The minimum absolute atomic E-state index is 0.627. The number of aromatic nitrogens is 1. The molecule has 0 aromatic carbocycles. The van der Waals surface area contributed by atoms with E-state index in [1.165, 1.54) is 0 Å². The van der Waals surface area contributed by atoms with Crippen LogP contribution in [0.25, 0.3) is 0 Å². The molecule has 1 aliphatic rings. The van der Waals surface area contributed by atoms with E-state index in [0.717, 1.165) is 23.7 Å². The molecule has 78 valence electrons. The number of ether oxygens (including phenoxy) is 1. The van der Waals surface area contributed by atoms with Crippen LogP contribution in [0, 0.1) is 0 Å². The summed E-state index contributed by atoms with van der Waals surface area (Å²) in [5, 5.41) is 0. The molecule has 1 aromatic heterocycles. The van der Waals surface area contributed by atoms with Gasteiger partial charge in [0.15, 0.2) is 0 Å². The van der Waals surface area contributed by atoms with Crippen LogP contribution < -0.4 is 4.74 Å². The van der Waals surface area contributed by atoms with E-state index < -0.39 is 0 Å². The van der Waals surface area contributed by atoms with Crippen LogP contribution in [0.2, 0.25) is 0 Å².